The van der Waals surface area contributed by atoms with Gasteiger partial charge in [-0.2, -0.15) is 0 Å². The first kappa shape index (κ1) is 33.1. The zero-order valence-electron chi connectivity index (χ0n) is 26.0. The van der Waals surface area contributed by atoms with Crippen LogP contribution >= 0.6 is 0 Å². The normalized spacial score (nSPS) is 10.9. The molecule has 4 aromatic rings. The third-order valence-corrected chi connectivity index (χ3v) is 6.87. The summed E-state index contributed by atoms with van der Waals surface area (Å²) in [4.78, 5) is 12.2. The Hall–Kier alpha value is -4.81. The number of carbonyl (C=O) groups excluding carboxylic acids is 1. The minimum absolute atomic E-state index is 0.0220. The van der Waals surface area contributed by atoms with Crippen LogP contribution < -0.4 is 14.2 Å². The van der Waals surface area contributed by atoms with Crippen LogP contribution in [0.1, 0.15) is 48.5 Å². The van der Waals surface area contributed by atoms with E-state index < -0.39 is 0 Å². The van der Waals surface area contributed by atoms with E-state index in [1.54, 1.807) is 12.2 Å². The van der Waals surface area contributed by atoms with Crippen molar-refractivity contribution in [1.29, 1.82) is 0 Å². The molecule has 0 bridgehead atoms. The number of allylic oxidation sites excluding steroid dienone is 2. The molecule has 0 aromatic heterocycles. The highest BCUT2D eigenvalue weighted by atomic mass is 16.7. The molecular weight excluding hydrogens is 564 g/mol. The molecule has 4 aromatic carbocycles. The van der Waals surface area contributed by atoms with Gasteiger partial charge in [0, 0.05) is 5.56 Å². The summed E-state index contributed by atoms with van der Waals surface area (Å²) in [6.45, 7) is 8.01. The molecule has 0 saturated heterocycles. The van der Waals surface area contributed by atoms with Crippen LogP contribution in [0.3, 0.4) is 0 Å². The first-order chi connectivity index (χ1) is 22.1. The Morgan fingerprint density at radius 2 is 1.13 bits per heavy atom. The molecule has 0 N–H and O–H groups in total. The molecule has 0 aliphatic carbocycles. The first-order valence-electron chi connectivity index (χ1n) is 15.4. The quantitative estimate of drug-likeness (QED) is 0.0329. The summed E-state index contributed by atoms with van der Waals surface area (Å²) in [7, 11) is 0. The van der Waals surface area contributed by atoms with E-state index in [-0.39, 0.29) is 12.6 Å². The molecule has 0 atom stereocenters. The van der Waals surface area contributed by atoms with Crippen LogP contribution in [0.5, 0.6) is 17.2 Å². The smallest absolute Gasteiger partial charge is 0.188 e. The molecule has 45 heavy (non-hydrogen) atoms. The summed E-state index contributed by atoms with van der Waals surface area (Å²) in [5.74, 6) is 3.07. The number of ether oxygens (including phenoxy) is 5. The molecule has 6 nitrogen and oxygen atoms in total. The molecule has 0 heterocycles. The van der Waals surface area contributed by atoms with E-state index in [9.17, 15) is 4.79 Å². The van der Waals surface area contributed by atoms with Gasteiger partial charge in [-0.1, -0.05) is 85.8 Å². The average molecular weight is 607 g/mol. The second kappa shape index (κ2) is 18.8. The van der Waals surface area contributed by atoms with Crippen LogP contribution in [-0.2, 0) is 9.47 Å². The van der Waals surface area contributed by atoms with Crippen molar-refractivity contribution < 1.29 is 28.5 Å². The van der Waals surface area contributed by atoms with Gasteiger partial charge in [0.05, 0.1) is 19.0 Å². The average Bonchev–Trinajstić information content (AvgIpc) is 3.08. The van der Waals surface area contributed by atoms with Gasteiger partial charge in [-0.3, -0.25) is 4.79 Å². The van der Waals surface area contributed by atoms with Crippen LogP contribution in [0.4, 0.5) is 0 Å². The van der Waals surface area contributed by atoms with Crippen molar-refractivity contribution in [2.75, 3.05) is 33.2 Å². The van der Waals surface area contributed by atoms with Gasteiger partial charge in [0.2, 0.25) is 0 Å². The highest BCUT2D eigenvalue weighted by Crippen LogP contribution is 2.25. The lowest BCUT2D eigenvalue weighted by Crippen LogP contribution is -2.08. The second-order valence-electron chi connectivity index (χ2n) is 10.5. The lowest BCUT2D eigenvalue weighted by atomic mass is 10.1. The van der Waals surface area contributed by atoms with Gasteiger partial charge in [-0.25, -0.2) is 0 Å². The predicted octanol–water partition coefficient (Wildman–Crippen LogP) is 9.17. The molecule has 0 radical (unpaired) electrons. The van der Waals surface area contributed by atoms with Crippen LogP contribution in [0.25, 0.3) is 17.2 Å². The van der Waals surface area contributed by atoms with Gasteiger partial charge in [-0.05, 0) is 85.4 Å². The number of hydrogen-bond acceptors (Lipinski definition) is 6. The van der Waals surface area contributed by atoms with Gasteiger partial charge in [0.25, 0.3) is 0 Å². The van der Waals surface area contributed by atoms with Crippen LogP contribution in [0.2, 0.25) is 0 Å². The largest absolute Gasteiger partial charge is 0.494 e. The van der Waals surface area contributed by atoms with Gasteiger partial charge in [0.1, 0.15) is 30.5 Å². The molecule has 4 rings (SSSR count). The lowest BCUT2D eigenvalue weighted by Gasteiger charge is -2.10. The summed E-state index contributed by atoms with van der Waals surface area (Å²) in [6.07, 6.45) is 7.63. The maximum Gasteiger partial charge on any atom is 0.188 e. The summed E-state index contributed by atoms with van der Waals surface area (Å²) in [5, 5.41) is 0. The zero-order chi connectivity index (χ0) is 31.5. The topological polar surface area (TPSA) is 63.2 Å². The number of unbranched alkanes of at least 4 members (excludes halogenated alkanes) is 3. The van der Waals surface area contributed by atoms with Crippen molar-refractivity contribution in [3.63, 3.8) is 0 Å². The van der Waals surface area contributed by atoms with E-state index in [4.69, 9.17) is 23.7 Å². The molecule has 0 aliphatic rings. The van der Waals surface area contributed by atoms with E-state index in [0.717, 1.165) is 59.6 Å². The fourth-order valence-corrected chi connectivity index (χ4v) is 4.40. The van der Waals surface area contributed by atoms with Crippen molar-refractivity contribution in [2.24, 2.45) is 0 Å². The molecule has 0 spiro atoms. The Balaban J connectivity index is 1.09. The summed E-state index contributed by atoms with van der Waals surface area (Å²) in [6, 6.07) is 33.1. The molecule has 6 heteroatoms. The van der Waals surface area contributed by atoms with Crippen molar-refractivity contribution in [2.45, 2.75) is 32.6 Å². The number of ketones is 1. The van der Waals surface area contributed by atoms with E-state index in [0.29, 0.717) is 37.8 Å². The van der Waals surface area contributed by atoms with Crippen LogP contribution in [0.15, 0.2) is 122 Å². The second-order valence-corrected chi connectivity index (χ2v) is 10.5. The Morgan fingerprint density at radius 3 is 1.69 bits per heavy atom. The SMILES string of the molecule is C=C(C)OCOCCCCCCOc1ccc(-c2ccc(OCCOc3ccc(/C=C/C(=O)c4ccccc4)cc3)cc2)cc1. The number of hydrogen-bond donors (Lipinski definition) is 0. The molecule has 0 saturated carbocycles. The molecule has 0 unspecified atom stereocenters. The maximum absolute atomic E-state index is 12.2. The molecule has 234 valence electrons. The molecule has 0 amide bonds. The summed E-state index contributed by atoms with van der Waals surface area (Å²) < 4.78 is 28.2. The number of carbonyl (C=O) groups is 1. The highest BCUT2D eigenvalue weighted by Gasteiger charge is 2.03. The summed E-state index contributed by atoms with van der Waals surface area (Å²) >= 11 is 0. The third kappa shape index (κ3) is 12.4. The van der Waals surface area contributed by atoms with Crippen molar-refractivity contribution in [3.8, 4) is 28.4 Å². The Morgan fingerprint density at radius 1 is 0.622 bits per heavy atom. The molecular formula is C39H42O6. The summed E-state index contributed by atoms with van der Waals surface area (Å²) in [5.41, 5.74) is 3.83. The molecule has 0 aliphatic heterocycles. The predicted molar refractivity (Wildman–Crippen MR) is 180 cm³/mol. The minimum atomic E-state index is -0.0220. The Labute approximate surface area is 266 Å². The number of rotatable bonds is 20. The van der Waals surface area contributed by atoms with Crippen molar-refractivity contribution >= 4 is 11.9 Å². The van der Waals surface area contributed by atoms with Crippen LogP contribution in [-0.4, -0.2) is 39.0 Å². The zero-order valence-corrected chi connectivity index (χ0v) is 26.0. The monoisotopic (exact) mass is 606 g/mol. The highest BCUT2D eigenvalue weighted by molar-refractivity contribution is 6.06. The van der Waals surface area contributed by atoms with E-state index in [2.05, 4.69) is 30.8 Å². The third-order valence-electron chi connectivity index (χ3n) is 6.87. The maximum atomic E-state index is 12.2. The first-order valence-corrected chi connectivity index (χ1v) is 15.4. The van der Waals surface area contributed by atoms with E-state index >= 15 is 0 Å². The Bertz CT molecular complexity index is 1460. The fraction of sp³-hybridized carbons (Fsp3) is 0.256. The Kier molecular flexibility index (Phi) is 13.8. The van der Waals surface area contributed by atoms with E-state index in [1.165, 1.54) is 0 Å². The van der Waals surface area contributed by atoms with Gasteiger partial charge < -0.3 is 23.7 Å². The van der Waals surface area contributed by atoms with Gasteiger partial charge in [0.15, 0.2) is 12.6 Å². The minimum Gasteiger partial charge on any atom is -0.494 e. The number of benzene rings is 4. The lowest BCUT2D eigenvalue weighted by molar-refractivity contribution is -0.0234. The van der Waals surface area contributed by atoms with E-state index in [1.807, 2.05) is 85.8 Å². The van der Waals surface area contributed by atoms with Crippen molar-refractivity contribution in [3.05, 3.63) is 133 Å². The fourth-order valence-electron chi connectivity index (χ4n) is 4.40. The molecule has 0 fully saturated rings. The standard InChI is InChI=1S/C39H42O6/c1-31(2)45-30-41-26-8-3-4-9-27-42-37-21-15-33(16-22-37)34-17-23-38(24-18-34)44-29-28-43-36-19-12-32(13-20-36)14-25-39(40)35-10-6-5-7-11-35/h5-7,10-25H,1,3-4,8-9,26-30H2,2H3/b25-14+. The van der Waals surface area contributed by atoms with Gasteiger partial charge >= 0.3 is 0 Å². The van der Waals surface area contributed by atoms with Gasteiger partial charge in [-0.15, -0.1) is 0 Å². The van der Waals surface area contributed by atoms with Crippen molar-refractivity contribution in [1.82, 2.24) is 0 Å². The van der Waals surface area contributed by atoms with Crippen LogP contribution in [0, 0.1) is 0 Å².